The number of nitrogens with zero attached hydrogens (tertiary/aromatic N) is 5. The number of ether oxygens (including phenoxy) is 1. The van der Waals surface area contributed by atoms with Crippen LogP contribution in [0.3, 0.4) is 0 Å². The summed E-state index contributed by atoms with van der Waals surface area (Å²) in [5.41, 5.74) is 7.74. The molecule has 4 rings (SSSR count). The molecule has 1 amide bonds. The van der Waals surface area contributed by atoms with E-state index in [0.29, 0.717) is 17.0 Å². The van der Waals surface area contributed by atoms with Crippen molar-refractivity contribution in [2.75, 3.05) is 18.2 Å². The number of carbonyl (C=O) groups excluding carboxylic acids is 1. The number of aromatic nitrogens is 5. The minimum Gasteiger partial charge on any atom is -0.494 e. The van der Waals surface area contributed by atoms with Crippen LogP contribution in [0.5, 0.6) is 5.75 Å². The molecule has 0 saturated carbocycles. The van der Waals surface area contributed by atoms with Gasteiger partial charge in [-0.3, -0.25) is 14.8 Å². The lowest BCUT2D eigenvalue weighted by atomic mass is 10.1. The summed E-state index contributed by atoms with van der Waals surface area (Å²) in [6, 6.07) is 3.59. The third-order valence-corrected chi connectivity index (χ3v) is 4.02. The van der Waals surface area contributed by atoms with Crippen LogP contribution in [0.25, 0.3) is 16.8 Å². The zero-order valence-electron chi connectivity index (χ0n) is 14.6. The van der Waals surface area contributed by atoms with Crippen LogP contribution in [0.1, 0.15) is 10.4 Å². The number of halogens is 1. The first-order chi connectivity index (χ1) is 13.6. The molecule has 0 aromatic carbocycles. The normalized spacial score (nSPS) is 10.8. The van der Waals surface area contributed by atoms with Gasteiger partial charge in [0.1, 0.15) is 11.3 Å². The maximum atomic E-state index is 13.4. The van der Waals surface area contributed by atoms with Gasteiger partial charge in [-0.25, -0.2) is 13.9 Å². The van der Waals surface area contributed by atoms with E-state index in [1.807, 2.05) is 6.07 Å². The Hall–Kier alpha value is -4.08. The number of rotatable bonds is 4. The maximum absolute atomic E-state index is 13.4. The molecule has 140 valence electrons. The van der Waals surface area contributed by atoms with E-state index in [4.69, 9.17) is 10.5 Å². The predicted molar refractivity (Wildman–Crippen MR) is 99.3 cm³/mol. The van der Waals surface area contributed by atoms with Gasteiger partial charge in [0.15, 0.2) is 17.3 Å². The van der Waals surface area contributed by atoms with Gasteiger partial charge in [0, 0.05) is 18.0 Å². The van der Waals surface area contributed by atoms with Crippen molar-refractivity contribution in [3.63, 3.8) is 0 Å². The number of hydrogen-bond donors (Lipinski definition) is 2. The van der Waals surface area contributed by atoms with Crippen molar-refractivity contribution < 1.29 is 13.9 Å². The first kappa shape index (κ1) is 17.3. The van der Waals surface area contributed by atoms with Crippen molar-refractivity contribution in [3.8, 4) is 16.9 Å². The van der Waals surface area contributed by atoms with Gasteiger partial charge < -0.3 is 15.8 Å². The van der Waals surface area contributed by atoms with Gasteiger partial charge in [-0.1, -0.05) is 6.07 Å². The largest absolute Gasteiger partial charge is 0.494 e. The summed E-state index contributed by atoms with van der Waals surface area (Å²) >= 11 is 0. The topological polar surface area (TPSA) is 120 Å². The third kappa shape index (κ3) is 2.96. The molecule has 4 aromatic heterocycles. The molecule has 0 aliphatic rings. The molecule has 0 radical (unpaired) electrons. The molecule has 0 bridgehead atoms. The second kappa shape index (κ2) is 6.91. The van der Waals surface area contributed by atoms with Gasteiger partial charge in [-0.2, -0.15) is 0 Å². The van der Waals surface area contributed by atoms with E-state index in [2.05, 4.69) is 25.4 Å². The number of amides is 1. The van der Waals surface area contributed by atoms with Gasteiger partial charge >= 0.3 is 0 Å². The molecule has 4 heterocycles. The molecule has 10 heteroatoms. The van der Waals surface area contributed by atoms with Gasteiger partial charge in [0.2, 0.25) is 0 Å². The highest BCUT2D eigenvalue weighted by molar-refractivity contribution is 6.12. The molecule has 0 unspecified atom stereocenters. The number of carbonyl (C=O) groups is 1. The zero-order valence-corrected chi connectivity index (χ0v) is 14.6. The maximum Gasteiger partial charge on any atom is 0.263 e. The van der Waals surface area contributed by atoms with Gasteiger partial charge in [0.25, 0.3) is 5.91 Å². The Labute approximate surface area is 158 Å². The Morgan fingerprint density at radius 3 is 2.86 bits per heavy atom. The summed E-state index contributed by atoms with van der Waals surface area (Å²) in [4.78, 5) is 25.0. The van der Waals surface area contributed by atoms with Crippen molar-refractivity contribution in [3.05, 3.63) is 60.7 Å². The number of anilines is 2. The standard InChI is InChI=1S/C18H14FN7O2/c1-28-13-8-22-7-12(14(13)10-3-2-4-21-5-10)24-18(27)15-16(20)25-26-9-11(19)6-23-17(15)26/h2-9H,1H3,(H2,20,25)(H,24,27). The van der Waals surface area contributed by atoms with Crippen LogP contribution >= 0.6 is 0 Å². The molecule has 0 atom stereocenters. The Morgan fingerprint density at radius 1 is 1.25 bits per heavy atom. The fourth-order valence-electron chi connectivity index (χ4n) is 2.83. The highest BCUT2D eigenvalue weighted by Crippen LogP contribution is 2.35. The van der Waals surface area contributed by atoms with E-state index >= 15 is 0 Å². The average molecular weight is 379 g/mol. The van der Waals surface area contributed by atoms with Crippen LogP contribution in [0.15, 0.2) is 49.3 Å². The molecule has 3 N–H and O–H groups in total. The summed E-state index contributed by atoms with van der Waals surface area (Å²) in [7, 11) is 1.50. The van der Waals surface area contributed by atoms with Crippen LogP contribution in [-0.4, -0.2) is 37.6 Å². The highest BCUT2D eigenvalue weighted by Gasteiger charge is 2.22. The summed E-state index contributed by atoms with van der Waals surface area (Å²) in [5.74, 6) is -0.780. The molecule has 0 aliphatic heterocycles. The smallest absolute Gasteiger partial charge is 0.263 e. The molecule has 28 heavy (non-hydrogen) atoms. The number of nitrogens with two attached hydrogens (primary N) is 1. The fraction of sp³-hybridized carbons (Fsp3) is 0.0556. The predicted octanol–water partition coefficient (Wildman–Crippen LogP) is 2.17. The Bertz CT molecular complexity index is 1180. The minimum absolute atomic E-state index is 0.0277. The van der Waals surface area contributed by atoms with E-state index < -0.39 is 11.7 Å². The van der Waals surface area contributed by atoms with Crippen LogP contribution in [0.2, 0.25) is 0 Å². The number of nitrogen functional groups attached to an aromatic ring is 1. The second-order valence-corrected chi connectivity index (χ2v) is 5.76. The lowest BCUT2D eigenvalue weighted by molar-refractivity contribution is 0.102. The van der Waals surface area contributed by atoms with Crippen LogP contribution in [-0.2, 0) is 0 Å². The highest BCUT2D eigenvalue weighted by atomic mass is 19.1. The van der Waals surface area contributed by atoms with Crippen molar-refractivity contribution in [1.29, 1.82) is 0 Å². The summed E-state index contributed by atoms with van der Waals surface area (Å²) in [6.07, 6.45) is 8.37. The Morgan fingerprint density at radius 2 is 2.11 bits per heavy atom. The minimum atomic E-state index is -0.599. The number of pyridine rings is 2. The molecule has 0 saturated heterocycles. The average Bonchev–Trinajstić information content (AvgIpc) is 3.03. The van der Waals surface area contributed by atoms with Crippen molar-refractivity contribution in [2.45, 2.75) is 0 Å². The van der Waals surface area contributed by atoms with Gasteiger partial charge in [0.05, 0.1) is 43.1 Å². The molecular formula is C18H14FN7O2. The Balaban J connectivity index is 1.78. The van der Waals surface area contributed by atoms with Crippen molar-refractivity contribution in [1.82, 2.24) is 24.6 Å². The third-order valence-electron chi connectivity index (χ3n) is 4.02. The van der Waals surface area contributed by atoms with Gasteiger partial charge in [-0.05, 0) is 6.07 Å². The van der Waals surface area contributed by atoms with Crippen LogP contribution in [0.4, 0.5) is 15.9 Å². The summed E-state index contributed by atoms with van der Waals surface area (Å²) in [5, 5.41) is 6.69. The van der Waals surface area contributed by atoms with E-state index in [1.54, 1.807) is 18.5 Å². The first-order valence-corrected chi connectivity index (χ1v) is 8.11. The quantitative estimate of drug-likeness (QED) is 0.557. The van der Waals surface area contributed by atoms with E-state index in [9.17, 15) is 9.18 Å². The molecule has 0 fully saturated rings. The number of methoxy groups -OCH3 is 1. The van der Waals surface area contributed by atoms with Gasteiger partial charge in [-0.15, -0.1) is 5.10 Å². The lowest BCUT2D eigenvalue weighted by Gasteiger charge is -2.14. The molecule has 9 nitrogen and oxygen atoms in total. The van der Waals surface area contributed by atoms with Crippen molar-refractivity contribution in [2.24, 2.45) is 0 Å². The molecule has 4 aromatic rings. The van der Waals surface area contributed by atoms with Crippen LogP contribution in [0, 0.1) is 5.82 Å². The summed E-state index contributed by atoms with van der Waals surface area (Å²) in [6.45, 7) is 0. The Kier molecular flexibility index (Phi) is 4.28. The molecule has 0 spiro atoms. The first-order valence-electron chi connectivity index (χ1n) is 8.11. The SMILES string of the molecule is COc1cncc(NC(=O)c2c(N)nn3cc(F)cnc23)c1-c1cccnc1. The summed E-state index contributed by atoms with van der Waals surface area (Å²) < 4.78 is 19.9. The number of fused-ring (bicyclic) bond motifs is 1. The number of nitrogens with one attached hydrogen (secondary N) is 1. The van der Waals surface area contributed by atoms with E-state index in [-0.39, 0.29) is 17.0 Å². The second-order valence-electron chi connectivity index (χ2n) is 5.76. The monoisotopic (exact) mass is 379 g/mol. The molecule has 0 aliphatic carbocycles. The fourth-order valence-corrected chi connectivity index (χ4v) is 2.83. The van der Waals surface area contributed by atoms with Crippen LogP contribution < -0.4 is 15.8 Å². The van der Waals surface area contributed by atoms with E-state index in [0.717, 1.165) is 22.5 Å². The zero-order chi connectivity index (χ0) is 19.7. The van der Waals surface area contributed by atoms with E-state index in [1.165, 1.54) is 19.5 Å². The number of hydrogen-bond acceptors (Lipinski definition) is 7. The molecular weight excluding hydrogens is 365 g/mol. The lowest BCUT2D eigenvalue weighted by Crippen LogP contribution is -2.15. The van der Waals surface area contributed by atoms with Crippen molar-refractivity contribution >= 4 is 23.1 Å².